The molecular weight excluding hydrogens is 566 g/mol. The number of nitrogens with one attached hydrogen (secondary N) is 1. The molecular formula is C31H31N7O4S. The van der Waals surface area contributed by atoms with Crippen molar-refractivity contribution >= 4 is 49.4 Å². The molecule has 1 aliphatic heterocycles. The predicted octanol–water partition coefficient (Wildman–Crippen LogP) is 3.05. The van der Waals surface area contributed by atoms with Crippen molar-refractivity contribution in [2.24, 2.45) is 12.8 Å². The molecule has 1 amide bonds. The number of rotatable bonds is 8. The Labute approximate surface area is 249 Å². The number of fused-ring (bicyclic) bond motifs is 2. The maximum absolute atomic E-state index is 14.3. The molecule has 3 N–H and O–H groups in total. The van der Waals surface area contributed by atoms with E-state index in [0.29, 0.717) is 60.4 Å². The number of para-hydroxylation sites is 1. The molecule has 1 saturated heterocycles. The van der Waals surface area contributed by atoms with E-state index in [1.165, 1.54) is 6.07 Å². The van der Waals surface area contributed by atoms with Gasteiger partial charge in [-0.25, -0.2) is 13.4 Å². The number of hydrogen-bond donors (Lipinski definition) is 2. The summed E-state index contributed by atoms with van der Waals surface area (Å²) in [7, 11) is -2.31. The summed E-state index contributed by atoms with van der Waals surface area (Å²) >= 11 is 0. The molecule has 0 spiro atoms. The van der Waals surface area contributed by atoms with Crippen LogP contribution in [0.4, 0.5) is 5.69 Å². The largest absolute Gasteiger partial charge is 0.384 e. The average Bonchev–Trinajstić information content (AvgIpc) is 3.33. The number of ether oxygens (including phenoxy) is 1. The SMILES string of the molecule is Cn1c(Cc2ccc(C(=N)N)cc2)nc2cc(N(CC(=O)N3CCOCC3)S(=O)(=O)c3cccc4cccnc34)ccc21. The fourth-order valence-electron chi connectivity index (χ4n) is 5.29. The first-order valence-electron chi connectivity index (χ1n) is 13.8. The van der Waals surface area contributed by atoms with Crippen LogP contribution in [0.5, 0.6) is 0 Å². The number of hydrogen-bond acceptors (Lipinski definition) is 7. The minimum atomic E-state index is -4.22. The smallest absolute Gasteiger partial charge is 0.266 e. The van der Waals surface area contributed by atoms with E-state index >= 15 is 0 Å². The first-order chi connectivity index (χ1) is 20.7. The van der Waals surface area contributed by atoms with Crippen molar-refractivity contribution in [3.05, 3.63) is 95.9 Å². The highest BCUT2D eigenvalue weighted by atomic mass is 32.2. The summed E-state index contributed by atoms with van der Waals surface area (Å²) in [6.45, 7) is 1.24. The number of sulfonamides is 1. The molecule has 0 unspecified atom stereocenters. The standard InChI is InChI=1S/C31H31N7O4S/c1-36-26-12-11-24(19-25(26)35-28(36)18-21-7-9-23(10-8-21)31(32)33)38(20-29(39)37-14-16-42-17-15-37)43(40,41)27-6-2-4-22-5-3-13-34-30(22)27/h2-13,19H,14-18,20H2,1H3,(H3,32,33). The zero-order valence-electron chi connectivity index (χ0n) is 23.6. The molecule has 1 aliphatic rings. The third-order valence-electron chi connectivity index (χ3n) is 7.68. The van der Waals surface area contributed by atoms with E-state index < -0.39 is 10.0 Å². The number of aromatic nitrogens is 3. The lowest BCUT2D eigenvalue weighted by Gasteiger charge is -2.30. The van der Waals surface area contributed by atoms with Crippen LogP contribution in [-0.2, 0) is 33.0 Å². The Balaban J connectivity index is 1.40. The fraction of sp³-hybridized carbons (Fsp3) is 0.226. The van der Waals surface area contributed by atoms with Gasteiger partial charge in [-0.05, 0) is 35.9 Å². The van der Waals surface area contributed by atoms with Gasteiger partial charge in [0.2, 0.25) is 5.91 Å². The zero-order chi connectivity index (χ0) is 30.1. The van der Waals surface area contributed by atoms with E-state index in [1.807, 2.05) is 29.8 Å². The number of morpholine rings is 1. The van der Waals surface area contributed by atoms with Crippen molar-refractivity contribution in [3.8, 4) is 0 Å². The first-order valence-corrected chi connectivity index (χ1v) is 15.3. The third-order valence-corrected chi connectivity index (χ3v) is 9.48. The van der Waals surface area contributed by atoms with Crippen molar-refractivity contribution in [1.82, 2.24) is 19.4 Å². The number of nitrogens with two attached hydrogens (primary N) is 1. The van der Waals surface area contributed by atoms with Gasteiger partial charge in [-0.15, -0.1) is 0 Å². The first kappa shape index (κ1) is 28.3. The Bertz CT molecular complexity index is 1940. The number of imidazole rings is 1. The number of amides is 1. The van der Waals surface area contributed by atoms with Crippen LogP contribution in [0.3, 0.4) is 0 Å². The normalized spacial score (nSPS) is 13.8. The van der Waals surface area contributed by atoms with Crippen LogP contribution in [0.2, 0.25) is 0 Å². The van der Waals surface area contributed by atoms with Crippen LogP contribution in [-0.4, -0.2) is 72.4 Å². The van der Waals surface area contributed by atoms with E-state index in [9.17, 15) is 13.2 Å². The Kier molecular flexibility index (Phi) is 7.55. The molecule has 220 valence electrons. The van der Waals surface area contributed by atoms with Gasteiger partial charge in [0.05, 0.1) is 35.5 Å². The molecule has 0 radical (unpaired) electrons. The second-order valence-electron chi connectivity index (χ2n) is 10.4. The fourth-order valence-corrected chi connectivity index (χ4v) is 6.86. The number of amidine groups is 1. The molecule has 3 aromatic carbocycles. The number of anilines is 1. The van der Waals surface area contributed by atoms with Crippen molar-refractivity contribution in [2.75, 3.05) is 37.2 Å². The van der Waals surface area contributed by atoms with Gasteiger partial charge >= 0.3 is 0 Å². The number of aryl methyl sites for hydroxylation is 1. The van der Waals surface area contributed by atoms with Gasteiger partial charge in [0, 0.05) is 43.7 Å². The lowest BCUT2D eigenvalue weighted by atomic mass is 10.1. The molecule has 11 nitrogen and oxygen atoms in total. The minimum absolute atomic E-state index is 0.00713. The second-order valence-corrected chi connectivity index (χ2v) is 12.2. The highest BCUT2D eigenvalue weighted by molar-refractivity contribution is 7.93. The molecule has 3 heterocycles. The van der Waals surface area contributed by atoms with E-state index in [0.717, 1.165) is 21.2 Å². The van der Waals surface area contributed by atoms with Gasteiger partial charge < -0.3 is 19.9 Å². The molecule has 0 saturated carbocycles. The number of pyridine rings is 1. The zero-order valence-corrected chi connectivity index (χ0v) is 24.4. The summed E-state index contributed by atoms with van der Waals surface area (Å²) in [4.78, 5) is 24.3. The number of nitrogen functional groups attached to an aromatic ring is 1. The Morgan fingerprint density at radius 3 is 2.53 bits per heavy atom. The van der Waals surface area contributed by atoms with Gasteiger partial charge in [-0.3, -0.25) is 19.5 Å². The highest BCUT2D eigenvalue weighted by Crippen LogP contribution is 2.31. The van der Waals surface area contributed by atoms with E-state index in [-0.39, 0.29) is 23.2 Å². The lowest BCUT2D eigenvalue weighted by Crippen LogP contribution is -2.47. The van der Waals surface area contributed by atoms with Crippen LogP contribution >= 0.6 is 0 Å². The molecule has 0 aliphatic carbocycles. The van der Waals surface area contributed by atoms with Crippen LogP contribution < -0.4 is 10.0 Å². The predicted molar refractivity (Wildman–Crippen MR) is 165 cm³/mol. The maximum Gasteiger partial charge on any atom is 0.266 e. The molecule has 12 heteroatoms. The molecule has 0 atom stereocenters. The lowest BCUT2D eigenvalue weighted by molar-refractivity contribution is -0.133. The van der Waals surface area contributed by atoms with Crippen molar-refractivity contribution in [2.45, 2.75) is 11.3 Å². The van der Waals surface area contributed by atoms with Gasteiger partial charge in [0.15, 0.2) is 0 Å². The average molecular weight is 598 g/mol. The second kappa shape index (κ2) is 11.5. The molecule has 2 aromatic heterocycles. The summed E-state index contributed by atoms with van der Waals surface area (Å²) < 4.78 is 37.2. The highest BCUT2D eigenvalue weighted by Gasteiger charge is 2.31. The van der Waals surface area contributed by atoms with Crippen molar-refractivity contribution in [3.63, 3.8) is 0 Å². The maximum atomic E-state index is 14.3. The topological polar surface area (TPSA) is 148 Å². The van der Waals surface area contributed by atoms with Crippen LogP contribution in [0.1, 0.15) is 17.0 Å². The number of carbonyl (C=O) groups is 1. The molecule has 43 heavy (non-hydrogen) atoms. The van der Waals surface area contributed by atoms with Gasteiger partial charge in [-0.1, -0.05) is 42.5 Å². The monoisotopic (exact) mass is 597 g/mol. The Morgan fingerprint density at radius 1 is 1.05 bits per heavy atom. The number of carbonyl (C=O) groups excluding carboxylic acids is 1. The van der Waals surface area contributed by atoms with Crippen molar-refractivity contribution in [1.29, 1.82) is 5.41 Å². The third kappa shape index (κ3) is 5.54. The summed E-state index contributed by atoms with van der Waals surface area (Å²) in [5.74, 6) is 0.475. The quantitative estimate of drug-likeness (QED) is 0.206. The molecule has 5 aromatic rings. The number of nitrogens with zero attached hydrogens (tertiary/aromatic N) is 5. The van der Waals surface area contributed by atoms with Gasteiger partial charge in [-0.2, -0.15) is 0 Å². The van der Waals surface area contributed by atoms with Crippen LogP contribution in [0, 0.1) is 5.41 Å². The van der Waals surface area contributed by atoms with Crippen LogP contribution in [0.15, 0.2) is 83.9 Å². The number of benzene rings is 3. The van der Waals surface area contributed by atoms with Gasteiger partial charge in [0.25, 0.3) is 10.0 Å². The summed E-state index contributed by atoms with van der Waals surface area (Å²) in [6.07, 6.45) is 2.08. The van der Waals surface area contributed by atoms with Crippen LogP contribution in [0.25, 0.3) is 21.9 Å². The summed E-state index contributed by atoms with van der Waals surface area (Å²) in [6, 6.07) is 21.2. The minimum Gasteiger partial charge on any atom is -0.384 e. The van der Waals surface area contributed by atoms with Crippen molar-refractivity contribution < 1.29 is 17.9 Å². The van der Waals surface area contributed by atoms with E-state index in [4.69, 9.17) is 20.9 Å². The molecule has 0 bridgehead atoms. The molecule has 1 fully saturated rings. The Hall–Kier alpha value is -4.81. The Morgan fingerprint density at radius 2 is 1.79 bits per heavy atom. The van der Waals surface area contributed by atoms with Gasteiger partial charge in [0.1, 0.15) is 23.1 Å². The summed E-state index contributed by atoms with van der Waals surface area (Å²) in [5.41, 5.74) is 9.32. The van der Waals surface area contributed by atoms with E-state index in [1.54, 1.807) is 59.6 Å². The molecule has 6 rings (SSSR count). The summed E-state index contributed by atoms with van der Waals surface area (Å²) in [5, 5.41) is 8.29. The van der Waals surface area contributed by atoms with E-state index in [2.05, 4.69) is 4.98 Å².